The van der Waals surface area contributed by atoms with Gasteiger partial charge in [-0.1, -0.05) is 37.0 Å². The summed E-state index contributed by atoms with van der Waals surface area (Å²) in [6, 6.07) is 5.72. The lowest BCUT2D eigenvalue weighted by Gasteiger charge is -2.36. The van der Waals surface area contributed by atoms with Crippen LogP contribution in [0.5, 0.6) is 5.75 Å². The molecule has 6 nitrogen and oxygen atoms in total. The highest BCUT2D eigenvalue weighted by molar-refractivity contribution is 9.10. The lowest BCUT2D eigenvalue weighted by Crippen LogP contribution is -2.49. The fraction of sp³-hybridized carbons (Fsp3) is 0.474. The second-order valence-corrected chi connectivity index (χ2v) is 7.57. The molecular formula is C19H25BrCl2N4O2. The van der Waals surface area contributed by atoms with Gasteiger partial charge in [0, 0.05) is 37.9 Å². The molecule has 0 atom stereocenters. The van der Waals surface area contributed by atoms with Crippen molar-refractivity contribution >= 4 is 50.7 Å². The summed E-state index contributed by atoms with van der Waals surface area (Å²) in [4.78, 5) is 16.7. The molecule has 0 radical (unpaired) electrons. The van der Waals surface area contributed by atoms with Crippen molar-refractivity contribution in [3.63, 3.8) is 0 Å². The van der Waals surface area contributed by atoms with Crippen molar-refractivity contribution in [3.05, 3.63) is 38.5 Å². The van der Waals surface area contributed by atoms with Crippen molar-refractivity contribution in [1.29, 1.82) is 0 Å². The number of rotatable bonds is 4. The molecule has 1 aliphatic rings. The van der Waals surface area contributed by atoms with E-state index in [0.717, 1.165) is 24.5 Å². The van der Waals surface area contributed by atoms with Crippen molar-refractivity contribution < 1.29 is 9.53 Å². The van der Waals surface area contributed by atoms with E-state index in [4.69, 9.17) is 27.9 Å². The molecule has 0 saturated carbocycles. The van der Waals surface area contributed by atoms with Gasteiger partial charge in [-0.15, -0.1) is 0 Å². The Morgan fingerprint density at radius 1 is 1.21 bits per heavy atom. The number of aromatic nitrogens is 2. The van der Waals surface area contributed by atoms with Crippen LogP contribution < -0.4 is 9.64 Å². The van der Waals surface area contributed by atoms with Gasteiger partial charge in [0.2, 0.25) is 5.91 Å². The monoisotopic (exact) mass is 490 g/mol. The Labute approximate surface area is 184 Å². The van der Waals surface area contributed by atoms with Crippen LogP contribution in [-0.2, 0) is 11.3 Å². The van der Waals surface area contributed by atoms with Crippen molar-refractivity contribution in [2.24, 2.45) is 0 Å². The molecule has 2 heterocycles. The van der Waals surface area contributed by atoms with Gasteiger partial charge in [0.05, 0.1) is 22.8 Å². The summed E-state index contributed by atoms with van der Waals surface area (Å²) < 4.78 is 7.47. The number of hydrogen-bond acceptors (Lipinski definition) is 4. The van der Waals surface area contributed by atoms with Gasteiger partial charge in [0.1, 0.15) is 16.9 Å². The van der Waals surface area contributed by atoms with Crippen molar-refractivity contribution in [1.82, 2.24) is 14.7 Å². The van der Waals surface area contributed by atoms with Gasteiger partial charge < -0.3 is 14.5 Å². The maximum Gasteiger partial charge on any atom is 0.244 e. The first-order valence-corrected chi connectivity index (χ1v) is 10.7. The third kappa shape index (κ3) is 5.13. The fourth-order valence-corrected chi connectivity index (χ4v) is 3.74. The van der Waals surface area contributed by atoms with Gasteiger partial charge in [0.15, 0.2) is 0 Å². The summed E-state index contributed by atoms with van der Waals surface area (Å²) in [5.74, 6) is 0.687. The first-order valence-electron chi connectivity index (χ1n) is 9.15. The molecule has 2 aromatic rings. The van der Waals surface area contributed by atoms with E-state index >= 15 is 0 Å². The average Bonchev–Trinajstić information content (AvgIpc) is 2.96. The molecule has 1 fully saturated rings. The van der Waals surface area contributed by atoms with Crippen LogP contribution in [0.4, 0.5) is 5.69 Å². The summed E-state index contributed by atoms with van der Waals surface area (Å²) in [5, 5.41) is 5.38. The minimum Gasteiger partial charge on any atom is -0.495 e. The predicted octanol–water partition coefficient (Wildman–Crippen LogP) is 4.64. The molecule has 154 valence electrons. The van der Waals surface area contributed by atoms with E-state index in [2.05, 4.69) is 25.9 Å². The van der Waals surface area contributed by atoms with E-state index in [1.165, 1.54) is 0 Å². The van der Waals surface area contributed by atoms with E-state index in [0.29, 0.717) is 33.5 Å². The average molecular weight is 492 g/mol. The topological polar surface area (TPSA) is 50.6 Å². The number of nitrogens with zero attached hydrogens (tertiary/aromatic N) is 4. The molecule has 9 heteroatoms. The third-order valence-corrected chi connectivity index (χ3v) is 6.06. The highest BCUT2D eigenvalue weighted by Crippen LogP contribution is 2.30. The summed E-state index contributed by atoms with van der Waals surface area (Å²) in [7, 11) is 1.60. The van der Waals surface area contributed by atoms with Crippen LogP contribution in [-0.4, -0.2) is 53.9 Å². The number of anilines is 1. The van der Waals surface area contributed by atoms with E-state index in [1.54, 1.807) is 11.8 Å². The standard InChI is InChI=1S/C17H19BrCl2N4O2.C2H6/c1-11-16(20)17(18)21-24(11)10-15(25)23-7-5-22(6-8-23)12-3-4-13(19)14(9-12)26-2;1-2/h3-4,9H,5-8,10H2,1-2H3;1-2H3. The van der Waals surface area contributed by atoms with Gasteiger partial charge in [-0.25, -0.2) is 0 Å². The number of benzene rings is 1. The van der Waals surface area contributed by atoms with Gasteiger partial charge in [-0.2, -0.15) is 5.10 Å². The zero-order valence-corrected chi connectivity index (χ0v) is 19.6. The molecule has 1 saturated heterocycles. The molecule has 1 amide bonds. The highest BCUT2D eigenvalue weighted by Gasteiger charge is 2.23. The van der Waals surface area contributed by atoms with Crippen LogP contribution in [0.2, 0.25) is 10.0 Å². The number of hydrogen-bond donors (Lipinski definition) is 0. The number of ether oxygens (including phenoxy) is 1. The van der Waals surface area contributed by atoms with Crippen LogP contribution in [0, 0.1) is 6.92 Å². The third-order valence-electron chi connectivity index (χ3n) is 4.51. The first-order chi connectivity index (χ1) is 13.4. The quantitative estimate of drug-likeness (QED) is 0.624. The normalized spacial score (nSPS) is 13.8. The van der Waals surface area contributed by atoms with Crippen LogP contribution >= 0.6 is 39.1 Å². The Hall–Kier alpha value is -1.44. The number of methoxy groups -OCH3 is 1. The Morgan fingerprint density at radius 2 is 1.86 bits per heavy atom. The fourth-order valence-electron chi connectivity index (χ4n) is 2.93. The molecule has 0 N–H and O–H groups in total. The second kappa shape index (κ2) is 10.4. The molecule has 0 aliphatic carbocycles. The molecule has 0 unspecified atom stereocenters. The van der Waals surface area contributed by atoms with Crippen molar-refractivity contribution in [2.45, 2.75) is 27.3 Å². The minimum atomic E-state index is 0.0353. The Bertz CT molecular complexity index is 821. The van der Waals surface area contributed by atoms with Crippen LogP contribution in [0.25, 0.3) is 0 Å². The summed E-state index contributed by atoms with van der Waals surface area (Å²) in [6.45, 7) is 8.83. The molecule has 1 aliphatic heterocycles. The van der Waals surface area contributed by atoms with Crippen LogP contribution in [0.3, 0.4) is 0 Å². The van der Waals surface area contributed by atoms with Crippen LogP contribution in [0.15, 0.2) is 22.8 Å². The smallest absolute Gasteiger partial charge is 0.244 e. The molecule has 1 aromatic heterocycles. The number of piperazine rings is 1. The number of carbonyl (C=O) groups is 1. The van der Waals surface area contributed by atoms with E-state index in [-0.39, 0.29) is 12.5 Å². The molecule has 28 heavy (non-hydrogen) atoms. The van der Waals surface area contributed by atoms with Crippen molar-refractivity contribution in [2.75, 3.05) is 38.2 Å². The SMILES string of the molecule is CC.COc1cc(N2CCN(C(=O)Cn3nc(Br)c(Cl)c3C)CC2)ccc1Cl. The Balaban J connectivity index is 0.00000136. The number of halogens is 3. The molecule has 0 spiro atoms. The zero-order chi connectivity index (χ0) is 20.8. The largest absolute Gasteiger partial charge is 0.495 e. The van der Waals surface area contributed by atoms with Gasteiger partial charge >= 0.3 is 0 Å². The minimum absolute atomic E-state index is 0.0353. The summed E-state index contributed by atoms with van der Waals surface area (Å²) >= 11 is 15.5. The van der Waals surface area contributed by atoms with Crippen molar-refractivity contribution in [3.8, 4) is 5.75 Å². The molecular weight excluding hydrogens is 467 g/mol. The van der Waals surface area contributed by atoms with Gasteiger partial charge in [0.25, 0.3) is 0 Å². The lowest BCUT2D eigenvalue weighted by atomic mass is 10.2. The van der Waals surface area contributed by atoms with E-state index < -0.39 is 0 Å². The maximum atomic E-state index is 12.6. The van der Waals surface area contributed by atoms with E-state index in [1.807, 2.05) is 43.9 Å². The summed E-state index contributed by atoms with van der Waals surface area (Å²) in [5.41, 5.74) is 1.82. The Kier molecular flexibility index (Phi) is 8.46. The first kappa shape index (κ1) is 22.8. The Morgan fingerprint density at radius 3 is 2.39 bits per heavy atom. The van der Waals surface area contributed by atoms with Crippen LogP contribution in [0.1, 0.15) is 19.5 Å². The zero-order valence-electron chi connectivity index (χ0n) is 16.5. The maximum absolute atomic E-state index is 12.6. The van der Waals surface area contributed by atoms with E-state index in [9.17, 15) is 4.79 Å². The summed E-state index contributed by atoms with van der Waals surface area (Å²) in [6.07, 6.45) is 0. The second-order valence-electron chi connectivity index (χ2n) is 6.03. The van der Waals surface area contributed by atoms with Gasteiger partial charge in [-0.05, 0) is 35.0 Å². The number of amides is 1. The molecule has 1 aromatic carbocycles. The lowest BCUT2D eigenvalue weighted by molar-refractivity contribution is -0.132. The molecule has 3 rings (SSSR count). The predicted molar refractivity (Wildman–Crippen MR) is 118 cm³/mol. The van der Waals surface area contributed by atoms with Gasteiger partial charge in [-0.3, -0.25) is 9.48 Å². The molecule has 0 bridgehead atoms. The number of carbonyl (C=O) groups excluding carboxylic acids is 1. The highest BCUT2D eigenvalue weighted by atomic mass is 79.9.